The van der Waals surface area contributed by atoms with Crippen molar-refractivity contribution in [2.24, 2.45) is 0 Å². The van der Waals surface area contributed by atoms with E-state index in [1.54, 1.807) is 17.8 Å². The van der Waals surface area contributed by atoms with Gasteiger partial charge in [0.2, 0.25) is 10.3 Å². The van der Waals surface area contributed by atoms with E-state index < -0.39 is 5.91 Å². The molecule has 0 unspecified atom stereocenters. The number of nitrogens with one attached hydrogen (secondary N) is 1. The molecule has 0 bridgehead atoms. The lowest BCUT2D eigenvalue weighted by Gasteiger charge is -2.10. The van der Waals surface area contributed by atoms with Crippen LogP contribution in [0, 0.1) is 11.3 Å². The molecule has 0 radical (unpaired) electrons. The first kappa shape index (κ1) is 17.5. The van der Waals surface area contributed by atoms with Crippen molar-refractivity contribution in [3.63, 3.8) is 0 Å². The summed E-state index contributed by atoms with van der Waals surface area (Å²) < 4.78 is 0. The fourth-order valence-corrected chi connectivity index (χ4v) is 3.68. The lowest BCUT2D eigenvalue weighted by Crippen LogP contribution is -2.17. The van der Waals surface area contributed by atoms with Gasteiger partial charge in [-0.25, -0.2) is 0 Å². The third kappa shape index (κ3) is 4.38. The lowest BCUT2D eigenvalue weighted by atomic mass is 10.1. The molecule has 0 saturated carbocycles. The summed E-state index contributed by atoms with van der Waals surface area (Å²) in [4.78, 5) is 15.6. The number of hydrogen-bond donors (Lipinski definition) is 1. The van der Waals surface area contributed by atoms with Gasteiger partial charge in [-0.3, -0.25) is 10.1 Å². The van der Waals surface area contributed by atoms with Crippen LogP contribution >= 0.6 is 23.1 Å². The minimum Gasteiger partial charge on any atom is -0.347 e. The summed E-state index contributed by atoms with van der Waals surface area (Å²) in [5.41, 5.74) is 0.842. The second-order valence-corrected chi connectivity index (χ2v) is 7.32. The number of benzene rings is 1. The molecule has 3 rings (SSSR count). The van der Waals surface area contributed by atoms with Gasteiger partial charge in [-0.2, -0.15) is 5.26 Å². The summed E-state index contributed by atoms with van der Waals surface area (Å²) >= 11 is 2.97. The molecule has 2 aromatic rings. The van der Waals surface area contributed by atoms with Crippen LogP contribution in [0.25, 0.3) is 6.08 Å². The van der Waals surface area contributed by atoms with Crippen LogP contribution in [0.2, 0.25) is 0 Å². The average molecular weight is 371 g/mol. The Hall–Kier alpha value is -2.37. The molecule has 1 amide bonds. The molecule has 6 nitrogen and oxygen atoms in total. The molecule has 1 fully saturated rings. The molecule has 25 heavy (non-hydrogen) atoms. The number of rotatable bonds is 5. The quantitative estimate of drug-likeness (QED) is 0.493. The molecule has 1 saturated heterocycles. The average Bonchev–Trinajstić information content (AvgIpc) is 3.31. The van der Waals surface area contributed by atoms with Gasteiger partial charge in [-0.1, -0.05) is 23.5 Å². The van der Waals surface area contributed by atoms with Crippen LogP contribution in [0.4, 0.5) is 10.3 Å². The van der Waals surface area contributed by atoms with E-state index in [-0.39, 0.29) is 5.57 Å². The van der Waals surface area contributed by atoms with E-state index in [1.807, 2.05) is 36.6 Å². The number of carbonyl (C=O) groups is 1. The highest BCUT2D eigenvalue weighted by Crippen LogP contribution is 2.27. The molecular formula is C17H17N5OS2. The Morgan fingerprint density at radius 2 is 2.04 bits per heavy atom. The maximum atomic E-state index is 12.3. The standard InChI is InChI=1S/C17H17N5OS2/c1-24-14-6-4-12(5-7-14)10-13(11-18)15(23)19-16-20-21-17(25-16)22-8-2-3-9-22/h4-7,10H,2-3,8-9H2,1H3,(H,19,20,23)/b13-10-. The normalized spacial score (nSPS) is 14.4. The summed E-state index contributed by atoms with van der Waals surface area (Å²) in [6.07, 6.45) is 5.87. The van der Waals surface area contributed by atoms with Crippen LogP contribution in [0.1, 0.15) is 18.4 Å². The predicted molar refractivity (Wildman–Crippen MR) is 102 cm³/mol. The van der Waals surface area contributed by atoms with Gasteiger partial charge >= 0.3 is 0 Å². The minimum absolute atomic E-state index is 0.0369. The summed E-state index contributed by atoms with van der Waals surface area (Å²) in [6, 6.07) is 9.62. The number of nitriles is 1. The molecular weight excluding hydrogens is 354 g/mol. The lowest BCUT2D eigenvalue weighted by molar-refractivity contribution is -0.112. The van der Waals surface area contributed by atoms with Gasteiger partial charge in [-0.05, 0) is 42.9 Å². The van der Waals surface area contributed by atoms with Gasteiger partial charge < -0.3 is 4.90 Å². The monoisotopic (exact) mass is 371 g/mol. The number of carbonyl (C=O) groups excluding carboxylic acids is 1. The van der Waals surface area contributed by atoms with Crippen molar-refractivity contribution < 1.29 is 4.79 Å². The Morgan fingerprint density at radius 3 is 2.68 bits per heavy atom. The van der Waals surface area contributed by atoms with Gasteiger partial charge in [0.1, 0.15) is 11.6 Å². The third-order valence-electron chi connectivity index (χ3n) is 3.80. The molecule has 8 heteroatoms. The number of aromatic nitrogens is 2. The second kappa shape index (κ2) is 8.14. The molecule has 0 spiro atoms. The summed E-state index contributed by atoms with van der Waals surface area (Å²) in [5, 5.41) is 21.3. The highest BCUT2D eigenvalue weighted by Gasteiger charge is 2.18. The fraction of sp³-hybridized carbons (Fsp3) is 0.294. The van der Waals surface area contributed by atoms with Crippen LogP contribution in [-0.2, 0) is 4.79 Å². The van der Waals surface area contributed by atoms with Crippen molar-refractivity contribution in [1.29, 1.82) is 5.26 Å². The van der Waals surface area contributed by atoms with Gasteiger partial charge in [-0.15, -0.1) is 22.0 Å². The van der Waals surface area contributed by atoms with Crippen molar-refractivity contribution >= 4 is 45.3 Å². The second-order valence-electron chi connectivity index (χ2n) is 5.48. The van der Waals surface area contributed by atoms with E-state index in [2.05, 4.69) is 20.4 Å². The highest BCUT2D eigenvalue weighted by atomic mass is 32.2. The Morgan fingerprint density at radius 1 is 1.32 bits per heavy atom. The molecule has 2 heterocycles. The molecule has 128 valence electrons. The van der Waals surface area contributed by atoms with Crippen molar-refractivity contribution in [3.8, 4) is 6.07 Å². The Labute approximate surface area is 154 Å². The zero-order valence-electron chi connectivity index (χ0n) is 13.7. The van der Waals surface area contributed by atoms with Crippen molar-refractivity contribution in [1.82, 2.24) is 10.2 Å². The van der Waals surface area contributed by atoms with E-state index >= 15 is 0 Å². The van der Waals surface area contributed by atoms with Gasteiger partial charge in [0.15, 0.2) is 0 Å². The third-order valence-corrected chi connectivity index (χ3v) is 5.45. The zero-order chi connectivity index (χ0) is 17.6. The molecule has 0 atom stereocenters. The van der Waals surface area contributed by atoms with Crippen molar-refractivity contribution in [2.75, 3.05) is 29.6 Å². The molecule has 1 aliphatic rings. The number of amides is 1. The van der Waals surface area contributed by atoms with Crippen molar-refractivity contribution in [2.45, 2.75) is 17.7 Å². The van der Waals surface area contributed by atoms with Gasteiger partial charge in [0, 0.05) is 18.0 Å². The van der Waals surface area contributed by atoms with E-state index in [0.29, 0.717) is 5.13 Å². The van der Waals surface area contributed by atoms with E-state index in [4.69, 9.17) is 0 Å². The number of hydrogen-bond acceptors (Lipinski definition) is 7. The van der Waals surface area contributed by atoms with Crippen LogP contribution < -0.4 is 10.2 Å². The van der Waals surface area contributed by atoms with Gasteiger partial charge in [0.05, 0.1) is 0 Å². The van der Waals surface area contributed by atoms with E-state index in [1.165, 1.54) is 11.3 Å². The fourth-order valence-electron chi connectivity index (χ4n) is 2.48. The smallest absolute Gasteiger partial charge is 0.268 e. The first-order valence-corrected chi connectivity index (χ1v) is 9.89. The Bertz CT molecular complexity index is 816. The van der Waals surface area contributed by atoms with Crippen LogP contribution in [0.15, 0.2) is 34.7 Å². The molecule has 0 aliphatic carbocycles. The van der Waals surface area contributed by atoms with Crippen LogP contribution in [0.3, 0.4) is 0 Å². The number of nitrogens with zero attached hydrogens (tertiary/aromatic N) is 4. The maximum absolute atomic E-state index is 12.3. The van der Waals surface area contributed by atoms with E-state index in [0.717, 1.165) is 41.5 Å². The highest BCUT2D eigenvalue weighted by molar-refractivity contribution is 7.98. The Balaban J connectivity index is 1.69. The first-order chi connectivity index (χ1) is 12.2. The molecule has 1 N–H and O–H groups in total. The van der Waals surface area contributed by atoms with Gasteiger partial charge in [0.25, 0.3) is 5.91 Å². The van der Waals surface area contributed by atoms with Crippen LogP contribution in [0.5, 0.6) is 0 Å². The topological polar surface area (TPSA) is 81.9 Å². The first-order valence-electron chi connectivity index (χ1n) is 7.85. The SMILES string of the molecule is CSc1ccc(/C=C(/C#N)C(=O)Nc2nnc(N3CCCC3)s2)cc1. The number of anilines is 2. The minimum atomic E-state index is -0.472. The molecule has 1 aliphatic heterocycles. The zero-order valence-corrected chi connectivity index (χ0v) is 15.4. The summed E-state index contributed by atoms with van der Waals surface area (Å²) in [7, 11) is 0. The summed E-state index contributed by atoms with van der Waals surface area (Å²) in [6.45, 7) is 1.94. The van der Waals surface area contributed by atoms with Crippen molar-refractivity contribution in [3.05, 3.63) is 35.4 Å². The summed E-state index contributed by atoms with van der Waals surface area (Å²) in [5.74, 6) is -0.472. The van der Waals surface area contributed by atoms with E-state index in [9.17, 15) is 10.1 Å². The Kier molecular flexibility index (Phi) is 5.68. The van der Waals surface area contributed by atoms with Crippen LogP contribution in [-0.4, -0.2) is 35.4 Å². The largest absolute Gasteiger partial charge is 0.347 e. The maximum Gasteiger partial charge on any atom is 0.268 e. The molecule has 1 aromatic carbocycles. The molecule has 1 aromatic heterocycles. The predicted octanol–water partition coefficient (Wildman–Crippen LogP) is 3.41. The number of thioether (sulfide) groups is 1.